The third kappa shape index (κ3) is 4.58. The number of hydrogen-bond acceptors (Lipinski definition) is 4. The minimum Gasteiger partial charge on any atom is -0.494 e. The van der Waals surface area contributed by atoms with Crippen LogP contribution in [0.3, 0.4) is 0 Å². The van der Waals surface area contributed by atoms with Gasteiger partial charge in [-0.25, -0.2) is 8.42 Å². The number of ether oxygens (including phenoxy) is 1. The Morgan fingerprint density at radius 3 is 2.54 bits per heavy atom. The lowest BCUT2D eigenvalue weighted by molar-refractivity contribution is 0.102. The van der Waals surface area contributed by atoms with Crippen molar-refractivity contribution in [3.63, 3.8) is 0 Å². The number of benzene rings is 2. The quantitative estimate of drug-likeness (QED) is 0.869. The average Bonchev–Trinajstić information content (AvgIpc) is 2.54. The fourth-order valence-corrected chi connectivity index (χ4v) is 2.82. The summed E-state index contributed by atoms with van der Waals surface area (Å²) >= 11 is 0. The van der Waals surface area contributed by atoms with E-state index in [4.69, 9.17) is 4.74 Å². The predicted molar refractivity (Wildman–Crippen MR) is 94.5 cm³/mol. The van der Waals surface area contributed by atoms with Crippen molar-refractivity contribution < 1.29 is 17.9 Å². The second-order valence-electron chi connectivity index (χ2n) is 5.58. The molecule has 0 atom stereocenters. The van der Waals surface area contributed by atoms with Crippen molar-refractivity contribution in [3.05, 3.63) is 53.6 Å². The normalized spacial score (nSPS) is 11.1. The summed E-state index contributed by atoms with van der Waals surface area (Å²) in [7, 11) is -3.35. The summed E-state index contributed by atoms with van der Waals surface area (Å²) < 4.78 is 28.8. The smallest absolute Gasteiger partial charge is 0.255 e. The van der Waals surface area contributed by atoms with Crippen LogP contribution in [0.1, 0.15) is 29.3 Å². The van der Waals surface area contributed by atoms with E-state index in [-0.39, 0.29) is 10.8 Å². The van der Waals surface area contributed by atoms with Gasteiger partial charge >= 0.3 is 0 Å². The molecule has 0 aliphatic rings. The molecule has 6 heteroatoms. The van der Waals surface area contributed by atoms with Gasteiger partial charge in [-0.15, -0.1) is 0 Å². The molecule has 0 bridgehead atoms. The van der Waals surface area contributed by atoms with Crippen molar-refractivity contribution in [2.45, 2.75) is 25.2 Å². The van der Waals surface area contributed by atoms with Crippen LogP contribution in [0.2, 0.25) is 0 Å². The lowest BCUT2D eigenvalue weighted by atomic mass is 10.1. The van der Waals surface area contributed by atoms with Gasteiger partial charge in [0.1, 0.15) is 5.75 Å². The molecular formula is C18H21NO4S. The molecule has 1 N–H and O–H groups in total. The lowest BCUT2D eigenvalue weighted by Crippen LogP contribution is -2.13. The van der Waals surface area contributed by atoms with E-state index < -0.39 is 9.84 Å². The van der Waals surface area contributed by atoms with Crippen LogP contribution in [0.25, 0.3) is 0 Å². The van der Waals surface area contributed by atoms with Gasteiger partial charge in [0.2, 0.25) is 0 Å². The monoisotopic (exact) mass is 347 g/mol. The van der Waals surface area contributed by atoms with Crippen LogP contribution < -0.4 is 10.1 Å². The van der Waals surface area contributed by atoms with E-state index in [1.165, 1.54) is 12.1 Å². The topological polar surface area (TPSA) is 72.5 Å². The van der Waals surface area contributed by atoms with E-state index in [1.54, 1.807) is 24.3 Å². The first-order valence-corrected chi connectivity index (χ1v) is 9.55. The molecule has 0 fully saturated rings. The van der Waals surface area contributed by atoms with Crippen molar-refractivity contribution >= 4 is 21.4 Å². The summed E-state index contributed by atoms with van der Waals surface area (Å²) in [5.41, 5.74) is 1.83. The zero-order valence-electron chi connectivity index (χ0n) is 14.0. The molecule has 0 unspecified atom stereocenters. The molecule has 0 heterocycles. The third-order valence-corrected chi connectivity index (χ3v) is 4.55. The number of carbonyl (C=O) groups is 1. The highest BCUT2D eigenvalue weighted by molar-refractivity contribution is 7.90. The third-order valence-electron chi connectivity index (χ3n) is 3.44. The van der Waals surface area contributed by atoms with E-state index in [2.05, 4.69) is 5.32 Å². The maximum Gasteiger partial charge on any atom is 0.255 e. The van der Waals surface area contributed by atoms with Gasteiger partial charge < -0.3 is 10.1 Å². The Balaban J connectivity index is 2.18. The second kappa shape index (κ2) is 7.49. The molecule has 0 spiro atoms. The van der Waals surface area contributed by atoms with Gasteiger partial charge in [0.05, 0.1) is 11.5 Å². The molecule has 24 heavy (non-hydrogen) atoms. The van der Waals surface area contributed by atoms with Gasteiger partial charge in [0.15, 0.2) is 9.84 Å². The molecule has 0 saturated heterocycles. The minimum absolute atomic E-state index is 0.121. The highest BCUT2D eigenvalue weighted by Gasteiger charge is 2.12. The standard InChI is InChI=1S/C18H21NO4S/c1-4-10-23-15-8-9-17(13(2)11-15)19-18(20)14-6-5-7-16(12-14)24(3,21)22/h5-9,11-12H,4,10H2,1-3H3,(H,19,20). The van der Waals surface area contributed by atoms with E-state index >= 15 is 0 Å². The Kier molecular flexibility index (Phi) is 5.62. The van der Waals surface area contributed by atoms with E-state index in [0.29, 0.717) is 17.9 Å². The summed E-state index contributed by atoms with van der Waals surface area (Å²) in [6, 6.07) is 11.4. The molecule has 5 nitrogen and oxygen atoms in total. The zero-order chi connectivity index (χ0) is 17.7. The summed E-state index contributed by atoms with van der Waals surface area (Å²) in [6.45, 7) is 4.55. The molecule has 128 valence electrons. The Morgan fingerprint density at radius 1 is 1.17 bits per heavy atom. The molecule has 0 aliphatic carbocycles. The SMILES string of the molecule is CCCOc1ccc(NC(=O)c2cccc(S(C)(=O)=O)c2)c(C)c1. The Morgan fingerprint density at radius 2 is 1.92 bits per heavy atom. The number of amides is 1. The van der Waals surface area contributed by atoms with Crippen LogP contribution in [-0.2, 0) is 9.84 Å². The molecule has 0 aliphatic heterocycles. The summed E-state index contributed by atoms with van der Waals surface area (Å²) in [5, 5.41) is 2.80. The Labute approximate surface area is 142 Å². The molecule has 0 radical (unpaired) electrons. The van der Waals surface area contributed by atoms with E-state index in [1.807, 2.05) is 19.9 Å². The minimum atomic E-state index is -3.35. The number of nitrogens with one attached hydrogen (secondary N) is 1. The number of hydrogen-bond donors (Lipinski definition) is 1. The molecule has 0 aromatic heterocycles. The first-order chi connectivity index (χ1) is 11.3. The lowest BCUT2D eigenvalue weighted by Gasteiger charge is -2.11. The first-order valence-electron chi connectivity index (χ1n) is 7.66. The summed E-state index contributed by atoms with van der Waals surface area (Å²) in [4.78, 5) is 12.5. The predicted octanol–water partition coefficient (Wildman–Crippen LogP) is 3.44. The number of sulfone groups is 1. The van der Waals surface area contributed by atoms with Gasteiger partial charge in [-0.1, -0.05) is 13.0 Å². The first kappa shape index (κ1) is 18.0. The van der Waals surface area contributed by atoms with Crippen LogP contribution in [0, 0.1) is 6.92 Å². The van der Waals surface area contributed by atoms with E-state index in [0.717, 1.165) is 24.0 Å². The van der Waals surface area contributed by atoms with Crippen molar-refractivity contribution in [2.24, 2.45) is 0 Å². The fraction of sp³-hybridized carbons (Fsp3) is 0.278. The number of carbonyl (C=O) groups excluding carboxylic acids is 1. The van der Waals surface area contributed by atoms with Gasteiger partial charge in [-0.05, 0) is 55.3 Å². The van der Waals surface area contributed by atoms with Gasteiger partial charge in [0.25, 0.3) is 5.91 Å². The van der Waals surface area contributed by atoms with Gasteiger partial charge in [0, 0.05) is 17.5 Å². The molecule has 2 aromatic carbocycles. The van der Waals surface area contributed by atoms with Crippen LogP contribution in [0.5, 0.6) is 5.75 Å². The molecule has 0 saturated carbocycles. The van der Waals surface area contributed by atoms with Crippen LogP contribution in [0.15, 0.2) is 47.4 Å². The van der Waals surface area contributed by atoms with Crippen LogP contribution >= 0.6 is 0 Å². The van der Waals surface area contributed by atoms with Gasteiger partial charge in [-0.3, -0.25) is 4.79 Å². The van der Waals surface area contributed by atoms with Crippen LogP contribution in [-0.4, -0.2) is 27.2 Å². The van der Waals surface area contributed by atoms with Gasteiger partial charge in [-0.2, -0.15) is 0 Å². The largest absolute Gasteiger partial charge is 0.494 e. The summed E-state index contributed by atoms with van der Waals surface area (Å²) in [6.07, 6.45) is 2.04. The van der Waals surface area contributed by atoms with Crippen LogP contribution in [0.4, 0.5) is 5.69 Å². The molecular weight excluding hydrogens is 326 g/mol. The maximum absolute atomic E-state index is 12.4. The molecule has 1 amide bonds. The highest BCUT2D eigenvalue weighted by atomic mass is 32.2. The van der Waals surface area contributed by atoms with Crippen molar-refractivity contribution in [2.75, 3.05) is 18.2 Å². The van der Waals surface area contributed by atoms with Crippen molar-refractivity contribution in [3.8, 4) is 5.75 Å². The maximum atomic E-state index is 12.4. The molecule has 2 aromatic rings. The Bertz CT molecular complexity index is 844. The van der Waals surface area contributed by atoms with E-state index in [9.17, 15) is 13.2 Å². The number of rotatable bonds is 6. The number of anilines is 1. The van der Waals surface area contributed by atoms with Crippen molar-refractivity contribution in [1.29, 1.82) is 0 Å². The Hall–Kier alpha value is -2.34. The average molecular weight is 347 g/mol. The highest BCUT2D eigenvalue weighted by Crippen LogP contribution is 2.22. The van der Waals surface area contributed by atoms with Crippen molar-refractivity contribution in [1.82, 2.24) is 0 Å². The fourth-order valence-electron chi connectivity index (χ4n) is 2.15. The molecule has 2 rings (SSSR count). The second-order valence-corrected chi connectivity index (χ2v) is 7.60. The zero-order valence-corrected chi connectivity index (χ0v) is 14.8. The summed E-state index contributed by atoms with van der Waals surface area (Å²) in [5.74, 6) is 0.400. The number of aryl methyl sites for hydroxylation is 1.